The molecule has 0 saturated carbocycles. The van der Waals surface area contributed by atoms with Gasteiger partial charge in [-0.2, -0.15) is 0 Å². The molecule has 3 heterocycles. The maximum Gasteiger partial charge on any atom is 0.326 e. The summed E-state index contributed by atoms with van der Waals surface area (Å²) >= 11 is 1.59. The zero-order chi connectivity index (χ0) is 20.5. The predicted molar refractivity (Wildman–Crippen MR) is 110 cm³/mol. The van der Waals surface area contributed by atoms with Crippen LogP contribution in [0.2, 0.25) is 0 Å². The van der Waals surface area contributed by atoms with Crippen molar-refractivity contribution in [2.45, 2.75) is 77.5 Å². The summed E-state index contributed by atoms with van der Waals surface area (Å²) in [5, 5.41) is 6.55. The van der Waals surface area contributed by atoms with Crippen molar-refractivity contribution in [3.8, 4) is 0 Å². The van der Waals surface area contributed by atoms with Crippen LogP contribution in [0.25, 0.3) is 0 Å². The fourth-order valence-corrected chi connectivity index (χ4v) is 4.63. The molecule has 1 saturated heterocycles. The van der Waals surface area contributed by atoms with Crippen LogP contribution < -0.4 is 5.32 Å². The third kappa shape index (κ3) is 4.58. The van der Waals surface area contributed by atoms with Gasteiger partial charge in [-0.3, -0.25) is 20.1 Å². The summed E-state index contributed by atoms with van der Waals surface area (Å²) in [6, 6.07) is -0.0942. The largest absolute Gasteiger partial charge is 0.459 e. The van der Waals surface area contributed by atoms with E-state index in [4.69, 9.17) is 4.74 Å². The number of ether oxygens (including phenoxy) is 1. The van der Waals surface area contributed by atoms with E-state index in [9.17, 15) is 4.79 Å². The van der Waals surface area contributed by atoms with E-state index >= 15 is 0 Å². The SMILES string of the molecule is Cc1cnc([C@H]2CC(CC(C)C)(C(=O)OC(C)(C)C)N[C@H]2c2nccs2)cn1. The van der Waals surface area contributed by atoms with Crippen molar-refractivity contribution in [2.75, 3.05) is 0 Å². The molecule has 1 unspecified atom stereocenters. The molecule has 0 radical (unpaired) electrons. The average molecular weight is 403 g/mol. The van der Waals surface area contributed by atoms with Crippen LogP contribution in [0.4, 0.5) is 0 Å². The van der Waals surface area contributed by atoms with E-state index < -0.39 is 11.1 Å². The monoisotopic (exact) mass is 402 g/mol. The van der Waals surface area contributed by atoms with E-state index in [0.29, 0.717) is 18.8 Å². The Balaban J connectivity index is 2.01. The van der Waals surface area contributed by atoms with Gasteiger partial charge in [-0.05, 0) is 46.5 Å². The predicted octanol–water partition coefficient (Wildman–Crippen LogP) is 4.19. The number of aryl methyl sites for hydroxylation is 1. The molecule has 3 atom stereocenters. The van der Waals surface area contributed by atoms with Gasteiger partial charge in [-0.15, -0.1) is 11.3 Å². The maximum absolute atomic E-state index is 13.3. The highest BCUT2D eigenvalue weighted by Gasteiger charge is 2.53. The second kappa shape index (κ2) is 7.87. The van der Waals surface area contributed by atoms with Gasteiger partial charge in [0.25, 0.3) is 0 Å². The molecular weight excluding hydrogens is 372 g/mol. The van der Waals surface area contributed by atoms with E-state index in [2.05, 4.69) is 34.1 Å². The number of hydrogen-bond acceptors (Lipinski definition) is 7. The molecule has 1 fully saturated rings. The van der Waals surface area contributed by atoms with Crippen molar-refractivity contribution >= 4 is 17.3 Å². The van der Waals surface area contributed by atoms with Crippen molar-refractivity contribution in [3.63, 3.8) is 0 Å². The number of thiazole rings is 1. The molecule has 1 aliphatic rings. The number of rotatable bonds is 5. The van der Waals surface area contributed by atoms with Gasteiger partial charge in [-0.25, -0.2) is 4.98 Å². The Morgan fingerprint density at radius 1 is 1.32 bits per heavy atom. The Bertz CT molecular complexity index is 799. The normalized spacial score (nSPS) is 25.2. The first-order valence-electron chi connectivity index (χ1n) is 9.79. The molecule has 28 heavy (non-hydrogen) atoms. The van der Waals surface area contributed by atoms with Gasteiger partial charge < -0.3 is 4.74 Å². The molecule has 6 nitrogen and oxygen atoms in total. The molecule has 1 aliphatic heterocycles. The summed E-state index contributed by atoms with van der Waals surface area (Å²) < 4.78 is 5.84. The highest BCUT2D eigenvalue weighted by molar-refractivity contribution is 7.09. The number of nitrogens with one attached hydrogen (secondary N) is 1. The van der Waals surface area contributed by atoms with E-state index in [1.54, 1.807) is 23.7 Å². The lowest BCUT2D eigenvalue weighted by Gasteiger charge is -2.33. The van der Waals surface area contributed by atoms with Crippen LogP contribution in [0.5, 0.6) is 0 Å². The number of esters is 1. The summed E-state index contributed by atoms with van der Waals surface area (Å²) in [7, 11) is 0. The van der Waals surface area contributed by atoms with Crippen molar-refractivity contribution in [2.24, 2.45) is 5.92 Å². The number of hydrogen-bond donors (Lipinski definition) is 1. The van der Waals surface area contributed by atoms with Gasteiger partial charge in [0.05, 0.1) is 17.4 Å². The summed E-state index contributed by atoms with van der Waals surface area (Å²) in [6.45, 7) is 11.9. The summed E-state index contributed by atoms with van der Waals surface area (Å²) in [6.07, 6.45) is 6.71. The second-order valence-electron chi connectivity index (χ2n) is 9.07. The minimum atomic E-state index is -0.769. The van der Waals surface area contributed by atoms with Gasteiger partial charge in [0.2, 0.25) is 0 Å². The summed E-state index contributed by atoms with van der Waals surface area (Å²) in [5.41, 5.74) is 0.449. The van der Waals surface area contributed by atoms with Crippen LogP contribution in [0.3, 0.4) is 0 Å². The lowest BCUT2D eigenvalue weighted by Crippen LogP contribution is -2.52. The minimum Gasteiger partial charge on any atom is -0.459 e. The fourth-order valence-electron chi connectivity index (χ4n) is 3.88. The summed E-state index contributed by atoms with van der Waals surface area (Å²) in [5.74, 6) is 0.142. The van der Waals surface area contributed by atoms with Gasteiger partial charge in [0, 0.05) is 29.9 Å². The van der Waals surface area contributed by atoms with E-state index in [-0.39, 0.29) is 17.9 Å². The zero-order valence-corrected chi connectivity index (χ0v) is 18.3. The number of carbonyl (C=O) groups excluding carboxylic acids is 1. The molecule has 2 aromatic rings. The second-order valence-corrected chi connectivity index (χ2v) is 9.99. The lowest BCUT2D eigenvalue weighted by molar-refractivity contribution is -0.163. The van der Waals surface area contributed by atoms with Crippen LogP contribution in [0.1, 0.15) is 75.8 Å². The number of carbonyl (C=O) groups is 1. The molecule has 2 aromatic heterocycles. The van der Waals surface area contributed by atoms with Crippen LogP contribution in [0, 0.1) is 12.8 Å². The van der Waals surface area contributed by atoms with Gasteiger partial charge in [0.1, 0.15) is 16.1 Å². The number of nitrogens with zero attached hydrogens (tertiary/aromatic N) is 3. The van der Waals surface area contributed by atoms with Crippen molar-refractivity contribution in [1.29, 1.82) is 0 Å². The topological polar surface area (TPSA) is 77.0 Å². The maximum atomic E-state index is 13.3. The molecule has 7 heteroatoms. The first-order valence-corrected chi connectivity index (χ1v) is 10.7. The first-order chi connectivity index (χ1) is 13.1. The molecular formula is C21H30N4O2S. The Morgan fingerprint density at radius 2 is 2.07 bits per heavy atom. The number of aromatic nitrogens is 3. The first kappa shape index (κ1) is 20.9. The lowest BCUT2D eigenvalue weighted by atomic mass is 9.83. The third-order valence-corrected chi connectivity index (χ3v) is 5.71. The van der Waals surface area contributed by atoms with Crippen molar-refractivity contribution < 1.29 is 9.53 Å². The minimum absolute atomic E-state index is 0.00511. The smallest absolute Gasteiger partial charge is 0.326 e. The molecule has 0 bridgehead atoms. The molecule has 0 aromatic carbocycles. The quantitative estimate of drug-likeness (QED) is 0.756. The van der Waals surface area contributed by atoms with E-state index in [0.717, 1.165) is 16.4 Å². The van der Waals surface area contributed by atoms with Crippen LogP contribution in [-0.2, 0) is 9.53 Å². The molecule has 3 rings (SSSR count). The molecule has 0 aliphatic carbocycles. The van der Waals surface area contributed by atoms with Gasteiger partial charge >= 0.3 is 5.97 Å². The van der Waals surface area contributed by atoms with Crippen molar-refractivity contribution in [1.82, 2.24) is 20.3 Å². The Labute approximate surface area is 171 Å². The Morgan fingerprint density at radius 3 is 2.61 bits per heavy atom. The average Bonchev–Trinajstić information content (AvgIpc) is 3.21. The van der Waals surface area contributed by atoms with Gasteiger partial charge in [0.15, 0.2) is 0 Å². The van der Waals surface area contributed by atoms with Crippen LogP contribution in [0.15, 0.2) is 24.0 Å². The third-order valence-electron chi connectivity index (χ3n) is 4.85. The molecule has 0 spiro atoms. The zero-order valence-electron chi connectivity index (χ0n) is 17.5. The Hall–Kier alpha value is -1.86. The highest BCUT2D eigenvalue weighted by atomic mass is 32.1. The van der Waals surface area contributed by atoms with Crippen LogP contribution in [-0.4, -0.2) is 32.1 Å². The standard InChI is InChI=1S/C21H30N4O2S/c1-13(2)9-21(19(26)27-20(4,5)6)10-15(16-12-23-14(3)11-24-16)17(25-21)18-22-7-8-28-18/h7-8,11-13,15,17,25H,9-10H2,1-6H3/t15-,17-,21?/m1/s1. The molecule has 152 valence electrons. The Kier molecular flexibility index (Phi) is 5.87. The fraction of sp³-hybridized carbons (Fsp3) is 0.619. The van der Waals surface area contributed by atoms with E-state index in [1.165, 1.54) is 0 Å². The summed E-state index contributed by atoms with van der Waals surface area (Å²) in [4.78, 5) is 26.9. The van der Waals surface area contributed by atoms with Crippen molar-refractivity contribution in [3.05, 3.63) is 40.4 Å². The molecule has 1 N–H and O–H groups in total. The highest BCUT2D eigenvalue weighted by Crippen LogP contribution is 2.47. The van der Waals surface area contributed by atoms with E-state index in [1.807, 2.05) is 39.3 Å². The van der Waals surface area contributed by atoms with Gasteiger partial charge in [-0.1, -0.05) is 13.8 Å². The molecule has 0 amide bonds. The van der Waals surface area contributed by atoms with Crippen LogP contribution >= 0.6 is 11.3 Å².